The van der Waals surface area contributed by atoms with Gasteiger partial charge in [-0.1, -0.05) is 35.9 Å². The molecule has 1 heterocycles. The minimum Gasteiger partial charge on any atom is -0.337 e. The molecule has 1 amide bonds. The second-order valence-corrected chi connectivity index (χ2v) is 7.55. The SMILES string of the molecule is Cc1ccc(/C=C/C(=O)N2CCN(Cc3ccc(C(F)(F)F)cc3)CC2)cc1Cl. The molecule has 0 aliphatic carbocycles. The Hall–Kier alpha value is -2.31. The Labute approximate surface area is 173 Å². The van der Waals surface area contributed by atoms with Gasteiger partial charge < -0.3 is 4.90 Å². The van der Waals surface area contributed by atoms with E-state index >= 15 is 0 Å². The maximum atomic E-state index is 12.6. The van der Waals surface area contributed by atoms with Crippen LogP contribution in [0, 0.1) is 6.92 Å². The van der Waals surface area contributed by atoms with Crippen molar-refractivity contribution in [1.82, 2.24) is 9.80 Å². The standard InChI is InChI=1S/C22H22ClF3N2O/c1-16-2-3-17(14-20(16)23)6-9-21(29)28-12-10-27(11-13-28)15-18-4-7-19(8-5-18)22(24,25)26/h2-9,14H,10-13,15H2,1H3/b9-6+. The Kier molecular flexibility index (Phi) is 6.65. The molecule has 3 nitrogen and oxygen atoms in total. The number of rotatable bonds is 4. The topological polar surface area (TPSA) is 23.6 Å². The van der Waals surface area contributed by atoms with Gasteiger partial charge in [-0.25, -0.2) is 0 Å². The molecule has 0 radical (unpaired) electrons. The van der Waals surface area contributed by atoms with Crippen LogP contribution in [0.5, 0.6) is 0 Å². The molecule has 2 aromatic rings. The van der Waals surface area contributed by atoms with Crippen molar-refractivity contribution < 1.29 is 18.0 Å². The van der Waals surface area contributed by atoms with Crippen molar-refractivity contribution in [2.75, 3.05) is 26.2 Å². The van der Waals surface area contributed by atoms with E-state index < -0.39 is 11.7 Å². The van der Waals surface area contributed by atoms with Crippen molar-refractivity contribution in [1.29, 1.82) is 0 Å². The molecule has 0 bridgehead atoms. The number of benzene rings is 2. The third-order valence-corrected chi connectivity index (χ3v) is 5.39. The molecule has 154 valence electrons. The van der Waals surface area contributed by atoms with E-state index in [9.17, 15) is 18.0 Å². The van der Waals surface area contributed by atoms with E-state index in [1.54, 1.807) is 17.1 Å². The molecule has 7 heteroatoms. The number of halogens is 4. The zero-order chi connectivity index (χ0) is 21.0. The zero-order valence-corrected chi connectivity index (χ0v) is 16.8. The fraction of sp³-hybridized carbons (Fsp3) is 0.318. The molecule has 1 fully saturated rings. The van der Waals surface area contributed by atoms with Gasteiger partial charge >= 0.3 is 6.18 Å². The molecule has 0 saturated carbocycles. The van der Waals surface area contributed by atoms with E-state index in [2.05, 4.69) is 4.90 Å². The van der Waals surface area contributed by atoms with Gasteiger partial charge in [-0.3, -0.25) is 9.69 Å². The largest absolute Gasteiger partial charge is 0.416 e. The van der Waals surface area contributed by atoms with Gasteiger partial charge in [0.2, 0.25) is 5.91 Å². The number of nitrogens with zero attached hydrogens (tertiary/aromatic N) is 2. The molecule has 1 aliphatic rings. The van der Waals surface area contributed by atoms with Crippen molar-refractivity contribution in [2.45, 2.75) is 19.6 Å². The first-order chi connectivity index (χ1) is 13.7. The van der Waals surface area contributed by atoms with Crippen LogP contribution in [-0.4, -0.2) is 41.9 Å². The van der Waals surface area contributed by atoms with E-state index in [4.69, 9.17) is 11.6 Å². The molecule has 1 saturated heterocycles. The van der Waals surface area contributed by atoms with Gasteiger partial charge in [0.25, 0.3) is 0 Å². The van der Waals surface area contributed by atoms with Crippen molar-refractivity contribution >= 4 is 23.6 Å². The van der Waals surface area contributed by atoms with Crippen LogP contribution in [0.15, 0.2) is 48.5 Å². The number of hydrogen-bond acceptors (Lipinski definition) is 2. The van der Waals surface area contributed by atoms with E-state index in [1.165, 1.54) is 12.1 Å². The second kappa shape index (κ2) is 9.01. The van der Waals surface area contributed by atoms with Crippen LogP contribution in [0.4, 0.5) is 13.2 Å². The lowest BCUT2D eigenvalue weighted by molar-refractivity contribution is -0.137. The number of carbonyl (C=O) groups is 1. The van der Waals surface area contributed by atoms with Crippen molar-refractivity contribution in [2.24, 2.45) is 0 Å². The summed E-state index contributed by atoms with van der Waals surface area (Å²) in [5.74, 6) is -0.0594. The molecule has 29 heavy (non-hydrogen) atoms. The summed E-state index contributed by atoms with van der Waals surface area (Å²) in [6.45, 7) is 5.01. The Morgan fingerprint density at radius 3 is 2.31 bits per heavy atom. The molecule has 0 spiro atoms. The number of alkyl halides is 3. The number of piperazine rings is 1. The van der Waals surface area contributed by atoms with Gasteiger partial charge in [0.1, 0.15) is 0 Å². The number of aryl methyl sites for hydroxylation is 1. The Morgan fingerprint density at radius 2 is 1.72 bits per heavy atom. The highest BCUT2D eigenvalue weighted by atomic mass is 35.5. The molecule has 1 aliphatic heterocycles. The van der Waals surface area contributed by atoms with Crippen LogP contribution < -0.4 is 0 Å². The van der Waals surface area contributed by atoms with E-state index in [-0.39, 0.29) is 5.91 Å². The van der Waals surface area contributed by atoms with Gasteiger partial charge in [0, 0.05) is 43.8 Å². The first kappa shape index (κ1) is 21.4. The summed E-state index contributed by atoms with van der Waals surface area (Å²) in [6, 6.07) is 10.9. The highest BCUT2D eigenvalue weighted by molar-refractivity contribution is 6.31. The number of carbonyl (C=O) groups excluding carboxylic acids is 1. The van der Waals surface area contributed by atoms with Crippen LogP contribution in [-0.2, 0) is 17.5 Å². The van der Waals surface area contributed by atoms with E-state index in [1.807, 2.05) is 25.1 Å². The third kappa shape index (κ3) is 5.84. The molecule has 0 N–H and O–H groups in total. The molecular weight excluding hydrogens is 401 g/mol. The van der Waals surface area contributed by atoms with E-state index in [0.717, 1.165) is 28.8 Å². The quantitative estimate of drug-likeness (QED) is 0.645. The van der Waals surface area contributed by atoms with Crippen LogP contribution in [0.1, 0.15) is 22.3 Å². The highest BCUT2D eigenvalue weighted by Crippen LogP contribution is 2.29. The minimum atomic E-state index is -4.32. The first-order valence-electron chi connectivity index (χ1n) is 9.34. The summed E-state index contributed by atoms with van der Waals surface area (Å²) in [6.07, 6.45) is -1.02. The van der Waals surface area contributed by atoms with Crippen LogP contribution in [0.25, 0.3) is 6.08 Å². The fourth-order valence-corrected chi connectivity index (χ4v) is 3.36. The molecule has 0 unspecified atom stereocenters. The van der Waals surface area contributed by atoms with Crippen LogP contribution in [0.3, 0.4) is 0 Å². The summed E-state index contributed by atoms with van der Waals surface area (Å²) in [4.78, 5) is 16.3. The third-order valence-electron chi connectivity index (χ3n) is 4.99. The monoisotopic (exact) mass is 422 g/mol. The maximum absolute atomic E-state index is 12.6. The van der Waals surface area contributed by atoms with Gasteiger partial charge in [0.15, 0.2) is 0 Å². The lowest BCUT2D eigenvalue weighted by atomic mass is 10.1. The fourth-order valence-electron chi connectivity index (χ4n) is 3.17. The van der Waals surface area contributed by atoms with Crippen LogP contribution >= 0.6 is 11.6 Å². The lowest BCUT2D eigenvalue weighted by Gasteiger charge is -2.34. The molecular formula is C22H22ClF3N2O. The smallest absolute Gasteiger partial charge is 0.337 e. The van der Waals surface area contributed by atoms with Crippen molar-refractivity contribution in [3.8, 4) is 0 Å². The average molecular weight is 423 g/mol. The predicted molar refractivity (Wildman–Crippen MR) is 109 cm³/mol. The van der Waals surface area contributed by atoms with Gasteiger partial charge in [-0.05, 0) is 47.9 Å². The second-order valence-electron chi connectivity index (χ2n) is 7.14. The highest BCUT2D eigenvalue weighted by Gasteiger charge is 2.30. The molecule has 0 aromatic heterocycles. The zero-order valence-electron chi connectivity index (χ0n) is 16.0. The summed E-state index contributed by atoms with van der Waals surface area (Å²) in [5.41, 5.74) is 2.04. The van der Waals surface area contributed by atoms with Crippen molar-refractivity contribution in [3.63, 3.8) is 0 Å². The molecule has 0 atom stereocenters. The first-order valence-corrected chi connectivity index (χ1v) is 9.72. The Balaban J connectivity index is 1.50. The summed E-state index contributed by atoms with van der Waals surface area (Å²) < 4.78 is 37.9. The summed E-state index contributed by atoms with van der Waals surface area (Å²) >= 11 is 6.10. The number of amides is 1. The van der Waals surface area contributed by atoms with Gasteiger partial charge in [0.05, 0.1) is 5.56 Å². The molecule has 3 rings (SSSR count). The van der Waals surface area contributed by atoms with Gasteiger partial charge in [-0.2, -0.15) is 13.2 Å². The number of hydrogen-bond donors (Lipinski definition) is 0. The van der Waals surface area contributed by atoms with Crippen molar-refractivity contribution in [3.05, 3.63) is 75.8 Å². The summed E-state index contributed by atoms with van der Waals surface area (Å²) in [5, 5.41) is 0.663. The van der Waals surface area contributed by atoms with Crippen LogP contribution in [0.2, 0.25) is 5.02 Å². The average Bonchev–Trinajstić information content (AvgIpc) is 2.69. The minimum absolute atomic E-state index is 0.0594. The molecule has 2 aromatic carbocycles. The lowest BCUT2D eigenvalue weighted by Crippen LogP contribution is -2.47. The van der Waals surface area contributed by atoms with E-state index in [0.29, 0.717) is 37.7 Å². The summed E-state index contributed by atoms with van der Waals surface area (Å²) in [7, 11) is 0. The van der Waals surface area contributed by atoms with Gasteiger partial charge in [-0.15, -0.1) is 0 Å². The normalized spacial score (nSPS) is 15.8. The predicted octanol–water partition coefficient (Wildman–Crippen LogP) is 5.02. The Bertz CT molecular complexity index is 886. The maximum Gasteiger partial charge on any atom is 0.416 e. The Morgan fingerprint density at radius 1 is 1.07 bits per heavy atom.